The maximum absolute atomic E-state index is 9.37. The Bertz CT molecular complexity index is 179. The summed E-state index contributed by atoms with van der Waals surface area (Å²) in [5.41, 5.74) is -0.307. The first-order valence-corrected chi connectivity index (χ1v) is 5.38. The molecule has 5 heteroatoms. The predicted molar refractivity (Wildman–Crippen MR) is 61.3 cm³/mol. The molecule has 98 valence electrons. The van der Waals surface area contributed by atoms with Gasteiger partial charge in [-0.05, 0) is 26.7 Å². The maximum atomic E-state index is 9.37. The normalized spacial score (nSPS) is 22.0. The summed E-state index contributed by atoms with van der Waals surface area (Å²) in [7, 11) is 1.00. The van der Waals surface area contributed by atoms with Crippen LogP contribution < -0.4 is 0 Å². The van der Waals surface area contributed by atoms with Gasteiger partial charge in [0, 0.05) is 20.1 Å². The van der Waals surface area contributed by atoms with Crippen LogP contribution in [0.15, 0.2) is 0 Å². The van der Waals surface area contributed by atoms with Gasteiger partial charge in [0.25, 0.3) is 0 Å². The fraction of sp³-hybridized carbons (Fsp3) is 0.909. The summed E-state index contributed by atoms with van der Waals surface area (Å²) in [6, 6.07) is 0. The third-order valence-corrected chi connectivity index (χ3v) is 2.20. The molecule has 0 amide bonds. The maximum Gasteiger partial charge on any atom is 0.303 e. The zero-order valence-electron chi connectivity index (χ0n) is 10.6. The van der Waals surface area contributed by atoms with Gasteiger partial charge in [0.05, 0.1) is 11.7 Å². The van der Waals surface area contributed by atoms with Crippen molar-refractivity contribution in [2.45, 2.75) is 51.7 Å². The van der Waals surface area contributed by atoms with Crippen LogP contribution >= 0.6 is 0 Å². The van der Waals surface area contributed by atoms with Crippen LogP contribution in [0.1, 0.15) is 40.0 Å². The van der Waals surface area contributed by atoms with E-state index in [4.69, 9.17) is 14.9 Å². The van der Waals surface area contributed by atoms with Crippen molar-refractivity contribution in [2.75, 3.05) is 13.7 Å². The fourth-order valence-corrected chi connectivity index (χ4v) is 1.06. The first-order chi connectivity index (χ1) is 7.40. The van der Waals surface area contributed by atoms with Crippen molar-refractivity contribution in [1.82, 2.24) is 0 Å². The highest BCUT2D eigenvalue weighted by atomic mass is 16.5. The Morgan fingerprint density at radius 1 is 1.44 bits per heavy atom. The lowest BCUT2D eigenvalue weighted by atomic mass is 9.95. The van der Waals surface area contributed by atoms with Gasteiger partial charge in [-0.25, -0.2) is 0 Å². The predicted octanol–water partition coefficient (Wildman–Crippen LogP) is 1.03. The lowest BCUT2D eigenvalue weighted by molar-refractivity contribution is -0.136. The molecule has 0 aliphatic carbocycles. The zero-order valence-corrected chi connectivity index (χ0v) is 10.6. The molecule has 0 aromatic rings. The van der Waals surface area contributed by atoms with Gasteiger partial charge in [0.15, 0.2) is 0 Å². The SMILES string of the molecule is CC1(C)OCCCC1O.CCC(=O)O.CO. The van der Waals surface area contributed by atoms with E-state index in [0.717, 1.165) is 26.6 Å². The van der Waals surface area contributed by atoms with E-state index < -0.39 is 5.97 Å². The number of hydrogen-bond donors (Lipinski definition) is 3. The van der Waals surface area contributed by atoms with Crippen LogP contribution in [0.25, 0.3) is 0 Å². The minimum absolute atomic E-state index is 0.222. The van der Waals surface area contributed by atoms with Crippen molar-refractivity contribution < 1.29 is 24.9 Å². The Kier molecular flexibility index (Phi) is 10.6. The molecule has 16 heavy (non-hydrogen) atoms. The summed E-state index contributed by atoms with van der Waals surface area (Å²) in [5, 5.41) is 24.0. The summed E-state index contributed by atoms with van der Waals surface area (Å²) in [4.78, 5) is 9.37. The van der Waals surface area contributed by atoms with Gasteiger partial charge >= 0.3 is 5.97 Å². The quantitative estimate of drug-likeness (QED) is 0.633. The highest BCUT2D eigenvalue weighted by Crippen LogP contribution is 2.23. The molecule has 1 fully saturated rings. The van der Waals surface area contributed by atoms with E-state index in [1.54, 1.807) is 6.92 Å². The van der Waals surface area contributed by atoms with E-state index in [1.165, 1.54) is 0 Å². The Balaban J connectivity index is 0. The molecule has 1 atom stereocenters. The molecule has 1 rings (SSSR count). The minimum Gasteiger partial charge on any atom is -0.481 e. The van der Waals surface area contributed by atoms with Gasteiger partial charge in [-0.2, -0.15) is 0 Å². The van der Waals surface area contributed by atoms with Crippen LogP contribution in [0.3, 0.4) is 0 Å². The summed E-state index contributed by atoms with van der Waals surface area (Å²) in [5.74, 6) is -0.745. The first kappa shape index (κ1) is 17.7. The zero-order chi connectivity index (χ0) is 13.2. The van der Waals surface area contributed by atoms with Crippen molar-refractivity contribution in [1.29, 1.82) is 0 Å². The number of aliphatic hydroxyl groups is 2. The van der Waals surface area contributed by atoms with Crippen LogP contribution in [-0.2, 0) is 9.53 Å². The average Bonchev–Trinajstić information content (AvgIpc) is 2.26. The van der Waals surface area contributed by atoms with Gasteiger partial charge in [-0.1, -0.05) is 6.92 Å². The van der Waals surface area contributed by atoms with E-state index in [2.05, 4.69) is 0 Å². The van der Waals surface area contributed by atoms with Gasteiger partial charge < -0.3 is 20.1 Å². The van der Waals surface area contributed by atoms with Crippen LogP contribution in [0, 0.1) is 0 Å². The number of aliphatic hydroxyl groups excluding tert-OH is 2. The second-order valence-electron chi connectivity index (χ2n) is 3.86. The summed E-state index contributed by atoms with van der Waals surface area (Å²) >= 11 is 0. The van der Waals surface area contributed by atoms with Crippen LogP contribution in [0.2, 0.25) is 0 Å². The van der Waals surface area contributed by atoms with Crippen molar-refractivity contribution in [3.05, 3.63) is 0 Å². The molecular weight excluding hydrogens is 212 g/mol. The molecule has 1 saturated heterocycles. The molecule has 1 aliphatic heterocycles. The lowest BCUT2D eigenvalue weighted by Gasteiger charge is -2.34. The van der Waals surface area contributed by atoms with E-state index in [0.29, 0.717) is 0 Å². The molecule has 3 N–H and O–H groups in total. The van der Waals surface area contributed by atoms with Gasteiger partial charge in [-0.15, -0.1) is 0 Å². The molecule has 0 aromatic carbocycles. The van der Waals surface area contributed by atoms with Gasteiger partial charge in [0.2, 0.25) is 0 Å². The summed E-state index contributed by atoms with van der Waals surface area (Å²) in [6.07, 6.45) is 1.82. The third-order valence-electron chi connectivity index (χ3n) is 2.20. The smallest absolute Gasteiger partial charge is 0.303 e. The van der Waals surface area contributed by atoms with Crippen molar-refractivity contribution in [2.24, 2.45) is 0 Å². The van der Waals surface area contributed by atoms with Crippen molar-refractivity contribution in [3.8, 4) is 0 Å². The van der Waals surface area contributed by atoms with Gasteiger partial charge in [0.1, 0.15) is 0 Å². The van der Waals surface area contributed by atoms with Crippen molar-refractivity contribution >= 4 is 5.97 Å². The van der Waals surface area contributed by atoms with E-state index in [-0.39, 0.29) is 18.1 Å². The average molecular weight is 236 g/mol. The molecule has 1 heterocycles. The number of ether oxygens (including phenoxy) is 1. The number of carbonyl (C=O) groups is 1. The highest BCUT2D eigenvalue weighted by Gasteiger charge is 2.31. The molecule has 0 radical (unpaired) electrons. The van der Waals surface area contributed by atoms with Crippen molar-refractivity contribution in [3.63, 3.8) is 0 Å². The molecular formula is C11H24O5. The molecule has 0 spiro atoms. The third kappa shape index (κ3) is 8.64. The largest absolute Gasteiger partial charge is 0.481 e. The summed E-state index contributed by atoms with van der Waals surface area (Å²) in [6.45, 7) is 6.25. The van der Waals surface area contributed by atoms with E-state index >= 15 is 0 Å². The number of rotatable bonds is 1. The lowest BCUT2D eigenvalue weighted by Crippen LogP contribution is -2.42. The first-order valence-electron chi connectivity index (χ1n) is 5.38. The molecule has 0 saturated carbocycles. The Labute approximate surface area is 97.1 Å². The van der Waals surface area contributed by atoms with E-state index in [1.807, 2.05) is 13.8 Å². The van der Waals surface area contributed by atoms with Crippen LogP contribution in [0.5, 0.6) is 0 Å². The Morgan fingerprint density at radius 2 is 1.88 bits per heavy atom. The van der Waals surface area contributed by atoms with Gasteiger partial charge in [-0.3, -0.25) is 4.79 Å². The Morgan fingerprint density at radius 3 is 2.06 bits per heavy atom. The highest BCUT2D eigenvalue weighted by molar-refractivity contribution is 5.66. The number of aliphatic carboxylic acids is 1. The fourth-order valence-electron chi connectivity index (χ4n) is 1.06. The molecule has 0 bridgehead atoms. The second kappa shape index (κ2) is 9.57. The topological polar surface area (TPSA) is 87.0 Å². The molecule has 1 unspecified atom stereocenters. The molecule has 5 nitrogen and oxygen atoms in total. The number of carboxylic acids is 1. The Hall–Kier alpha value is -0.650. The standard InChI is InChI=1S/C7H14O2.C3H6O2.CH4O/c1-7(2)6(8)4-3-5-9-7;1-2-3(4)5;1-2/h6,8H,3-5H2,1-2H3;2H2,1H3,(H,4,5);2H,1H3. The second-order valence-corrected chi connectivity index (χ2v) is 3.86. The molecule has 1 aliphatic rings. The number of hydrogen-bond acceptors (Lipinski definition) is 4. The van der Waals surface area contributed by atoms with E-state index in [9.17, 15) is 9.90 Å². The van der Waals surface area contributed by atoms with Crippen LogP contribution in [-0.4, -0.2) is 46.7 Å². The molecule has 0 aromatic heterocycles. The minimum atomic E-state index is -0.745. The monoisotopic (exact) mass is 236 g/mol. The summed E-state index contributed by atoms with van der Waals surface area (Å²) < 4.78 is 5.33. The number of carboxylic acid groups (broad SMARTS) is 1. The van der Waals surface area contributed by atoms with Crippen LogP contribution in [0.4, 0.5) is 0 Å².